The van der Waals surface area contributed by atoms with E-state index < -0.39 is 11.6 Å². The van der Waals surface area contributed by atoms with Crippen molar-refractivity contribution in [2.24, 2.45) is 5.92 Å². The Morgan fingerprint density at radius 3 is 2.76 bits per heavy atom. The van der Waals surface area contributed by atoms with Crippen LogP contribution in [0, 0.1) is 17.6 Å². The van der Waals surface area contributed by atoms with E-state index in [9.17, 15) is 13.6 Å². The molecule has 0 radical (unpaired) electrons. The second-order valence-electron chi connectivity index (χ2n) is 5.77. The normalized spacial score (nSPS) is 17.5. The largest absolute Gasteiger partial charge is 0.355 e. The first-order valence-corrected chi connectivity index (χ1v) is 7.48. The molecule has 5 heteroatoms. The minimum Gasteiger partial charge on any atom is -0.355 e. The molecule has 0 aromatic heterocycles. The van der Waals surface area contributed by atoms with E-state index in [4.69, 9.17) is 0 Å². The molecule has 2 N–H and O–H groups in total. The molecule has 0 saturated carbocycles. The molecule has 0 spiro atoms. The summed E-state index contributed by atoms with van der Waals surface area (Å²) >= 11 is 0. The van der Waals surface area contributed by atoms with E-state index in [0.29, 0.717) is 24.4 Å². The van der Waals surface area contributed by atoms with Gasteiger partial charge in [-0.15, -0.1) is 0 Å². The molecular weight excluding hydrogens is 274 g/mol. The Morgan fingerprint density at radius 2 is 2.10 bits per heavy atom. The van der Waals surface area contributed by atoms with Crippen molar-refractivity contribution in [2.45, 2.75) is 32.1 Å². The summed E-state index contributed by atoms with van der Waals surface area (Å²) in [5.41, 5.74) is 0.429. The van der Waals surface area contributed by atoms with Crippen molar-refractivity contribution in [3.63, 3.8) is 0 Å². The van der Waals surface area contributed by atoms with Gasteiger partial charge in [-0.2, -0.15) is 0 Å². The molecule has 116 valence electrons. The zero-order valence-electron chi connectivity index (χ0n) is 12.3. The third kappa shape index (κ3) is 4.77. The van der Waals surface area contributed by atoms with Crippen LogP contribution in [0.1, 0.15) is 37.7 Å². The van der Waals surface area contributed by atoms with E-state index >= 15 is 0 Å². The summed E-state index contributed by atoms with van der Waals surface area (Å²) in [5.74, 6) is -0.878. The Kier molecular flexibility index (Phi) is 5.67. The fourth-order valence-electron chi connectivity index (χ4n) is 2.70. The third-order valence-electron chi connectivity index (χ3n) is 4.03. The standard InChI is InChI=1S/C16H22F2N2O/c1-11(14-3-2-13(17)9-15(14)18)10-20-16(21)8-12-4-6-19-7-5-12/h2-3,9,11-12,19H,4-8,10H2,1H3,(H,20,21). The minimum atomic E-state index is -0.585. The van der Waals surface area contributed by atoms with Gasteiger partial charge in [-0.05, 0) is 43.5 Å². The number of piperidine rings is 1. The van der Waals surface area contributed by atoms with E-state index in [1.54, 1.807) is 0 Å². The average molecular weight is 296 g/mol. The van der Waals surface area contributed by atoms with Crippen LogP contribution >= 0.6 is 0 Å². The first kappa shape index (κ1) is 15.9. The molecule has 3 nitrogen and oxygen atoms in total. The van der Waals surface area contributed by atoms with Gasteiger partial charge in [0.1, 0.15) is 11.6 Å². The van der Waals surface area contributed by atoms with Gasteiger partial charge in [0, 0.05) is 24.9 Å². The molecular formula is C16H22F2N2O. The van der Waals surface area contributed by atoms with Gasteiger partial charge in [0.15, 0.2) is 0 Å². The smallest absolute Gasteiger partial charge is 0.220 e. The Hall–Kier alpha value is -1.49. The summed E-state index contributed by atoms with van der Waals surface area (Å²) in [6.45, 7) is 4.12. The second kappa shape index (κ2) is 7.50. The second-order valence-corrected chi connectivity index (χ2v) is 5.77. The summed E-state index contributed by atoms with van der Waals surface area (Å²) in [7, 11) is 0. The molecule has 1 unspecified atom stereocenters. The van der Waals surface area contributed by atoms with Crippen LogP contribution in [-0.4, -0.2) is 25.5 Å². The lowest BCUT2D eigenvalue weighted by atomic mass is 9.94. The zero-order valence-corrected chi connectivity index (χ0v) is 12.3. The Bertz CT molecular complexity index is 487. The number of hydrogen-bond acceptors (Lipinski definition) is 2. The topological polar surface area (TPSA) is 41.1 Å². The molecule has 1 atom stereocenters. The highest BCUT2D eigenvalue weighted by Crippen LogP contribution is 2.20. The molecule has 1 saturated heterocycles. The number of hydrogen-bond donors (Lipinski definition) is 2. The van der Waals surface area contributed by atoms with Gasteiger partial charge >= 0.3 is 0 Å². The number of halogens is 2. The van der Waals surface area contributed by atoms with Crippen LogP contribution in [0.5, 0.6) is 0 Å². The first-order valence-electron chi connectivity index (χ1n) is 7.48. The highest BCUT2D eigenvalue weighted by molar-refractivity contribution is 5.76. The summed E-state index contributed by atoms with van der Waals surface area (Å²) in [5, 5.41) is 6.12. The van der Waals surface area contributed by atoms with Gasteiger partial charge in [-0.25, -0.2) is 8.78 Å². The van der Waals surface area contributed by atoms with Crippen LogP contribution in [0.15, 0.2) is 18.2 Å². The van der Waals surface area contributed by atoms with Crippen LogP contribution in [0.2, 0.25) is 0 Å². The summed E-state index contributed by atoms with van der Waals surface area (Å²) < 4.78 is 26.5. The molecule has 2 rings (SSSR count). The monoisotopic (exact) mass is 296 g/mol. The molecule has 1 heterocycles. The quantitative estimate of drug-likeness (QED) is 0.877. The van der Waals surface area contributed by atoms with Gasteiger partial charge in [0.25, 0.3) is 0 Å². The summed E-state index contributed by atoms with van der Waals surface area (Å²) in [6, 6.07) is 3.56. The van der Waals surface area contributed by atoms with Crippen LogP contribution in [0.3, 0.4) is 0 Å². The number of nitrogens with one attached hydrogen (secondary N) is 2. The minimum absolute atomic E-state index is 0.0104. The predicted octanol–water partition coefficient (Wildman–Crippen LogP) is 2.57. The van der Waals surface area contributed by atoms with Crippen LogP contribution in [0.4, 0.5) is 8.78 Å². The fourth-order valence-corrected chi connectivity index (χ4v) is 2.70. The van der Waals surface area contributed by atoms with Crippen molar-refractivity contribution in [3.05, 3.63) is 35.4 Å². The van der Waals surface area contributed by atoms with Crippen LogP contribution < -0.4 is 10.6 Å². The average Bonchev–Trinajstić information content (AvgIpc) is 2.46. The predicted molar refractivity (Wildman–Crippen MR) is 78.0 cm³/mol. The van der Waals surface area contributed by atoms with Crippen molar-refractivity contribution >= 4 is 5.91 Å². The maximum absolute atomic E-state index is 13.6. The Labute approximate surface area is 124 Å². The van der Waals surface area contributed by atoms with E-state index in [2.05, 4.69) is 10.6 Å². The Morgan fingerprint density at radius 1 is 1.38 bits per heavy atom. The van der Waals surface area contributed by atoms with Crippen molar-refractivity contribution in [3.8, 4) is 0 Å². The van der Waals surface area contributed by atoms with Gasteiger partial charge in [-0.1, -0.05) is 13.0 Å². The number of carbonyl (C=O) groups excluding carboxylic acids is 1. The number of carbonyl (C=O) groups is 1. The Balaban J connectivity index is 1.80. The lowest BCUT2D eigenvalue weighted by Gasteiger charge is -2.22. The highest BCUT2D eigenvalue weighted by atomic mass is 19.1. The molecule has 1 aliphatic heterocycles. The molecule has 21 heavy (non-hydrogen) atoms. The van der Waals surface area contributed by atoms with E-state index in [1.165, 1.54) is 12.1 Å². The number of rotatable bonds is 5. The number of amides is 1. The van der Waals surface area contributed by atoms with E-state index in [0.717, 1.165) is 32.0 Å². The van der Waals surface area contributed by atoms with Gasteiger partial charge in [0.2, 0.25) is 5.91 Å². The van der Waals surface area contributed by atoms with Crippen molar-refractivity contribution < 1.29 is 13.6 Å². The van der Waals surface area contributed by atoms with E-state index in [1.807, 2.05) is 6.92 Å². The van der Waals surface area contributed by atoms with Gasteiger partial charge in [-0.3, -0.25) is 4.79 Å². The molecule has 0 aliphatic carbocycles. The molecule has 1 aromatic carbocycles. The van der Waals surface area contributed by atoms with Crippen molar-refractivity contribution in [1.82, 2.24) is 10.6 Å². The highest BCUT2D eigenvalue weighted by Gasteiger charge is 2.18. The molecule has 1 fully saturated rings. The summed E-state index contributed by atoms with van der Waals surface area (Å²) in [4.78, 5) is 11.9. The number of benzene rings is 1. The summed E-state index contributed by atoms with van der Waals surface area (Å²) in [6.07, 6.45) is 2.57. The lowest BCUT2D eigenvalue weighted by molar-refractivity contribution is -0.122. The van der Waals surface area contributed by atoms with Crippen LogP contribution in [0.25, 0.3) is 0 Å². The SMILES string of the molecule is CC(CNC(=O)CC1CCNCC1)c1ccc(F)cc1F. The van der Waals surface area contributed by atoms with Gasteiger partial charge < -0.3 is 10.6 Å². The van der Waals surface area contributed by atoms with E-state index in [-0.39, 0.29) is 11.8 Å². The first-order chi connectivity index (χ1) is 10.1. The van der Waals surface area contributed by atoms with Crippen molar-refractivity contribution in [2.75, 3.05) is 19.6 Å². The van der Waals surface area contributed by atoms with Gasteiger partial charge in [0.05, 0.1) is 0 Å². The van der Waals surface area contributed by atoms with Crippen molar-refractivity contribution in [1.29, 1.82) is 0 Å². The molecule has 1 aromatic rings. The maximum Gasteiger partial charge on any atom is 0.220 e. The third-order valence-corrected chi connectivity index (χ3v) is 4.03. The maximum atomic E-state index is 13.6. The fraction of sp³-hybridized carbons (Fsp3) is 0.562. The zero-order chi connectivity index (χ0) is 15.2. The molecule has 0 bridgehead atoms. The molecule has 1 aliphatic rings. The van der Waals surface area contributed by atoms with Crippen LogP contribution in [-0.2, 0) is 4.79 Å². The molecule has 1 amide bonds. The lowest BCUT2D eigenvalue weighted by Crippen LogP contribution is -2.33.